The summed E-state index contributed by atoms with van der Waals surface area (Å²) in [4.78, 5) is 14.0. The van der Waals surface area contributed by atoms with Gasteiger partial charge >= 0.3 is 0 Å². The zero-order valence-corrected chi connectivity index (χ0v) is 20.8. The number of rotatable bonds is 10. The van der Waals surface area contributed by atoms with Crippen molar-refractivity contribution in [2.45, 2.75) is 43.6 Å². The van der Waals surface area contributed by atoms with Crippen LogP contribution >= 0.6 is 11.8 Å². The first-order valence-electron chi connectivity index (χ1n) is 12.1. The first-order chi connectivity index (χ1) is 17.2. The minimum absolute atomic E-state index is 0.0176. The topological polar surface area (TPSA) is 79.9 Å². The van der Waals surface area contributed by atoms with Gasteiger partial charge in [-0.15, -0.1) is 11.8 Å². The molecule has 35 heavy (non-hydrogen) atoms. The van der Waals surface area contributed by atoms with E-state index >= 15 is 0 Å². The third-order valence-electron chi connectivity index (χ3n) is 5.84. The molecule has 0 unspecified atom stereocenters. The summed E-state index contributed by atoms with van der Waals surface area (Å²) >= 11 is 1.85. The molecule has 1 aliphatic rings. The lowest BCUT2D eigenvalue weighted by Gasteiger charge is -2.10. The lowest BCUT2D eigenvalue weighted by atomic mass is 10.1. The third kappa shape index (κ3) is 6.62. The highest BCUT2D eigenvalue weighted by Gasteiger charge is 2.19. The number of carbonyl (C=O) groups is 1. The molecule has 0 aliphatic carbocycles. The zero-order chi connectivity index (χ0) is 24.5. The number of hydrogen-bond acceptors (Lipinski definition) is 5. The number of amides is 1. The van der Waals surface area contributed by atoms with Crippen molar-refractivity contribution in [1.82, 2.24) is 15.1 Å². The van der Waals surface area contributed by atoms with Crippen LogP contribution in [0, 0.1) is 11.3 Å². The van der Waals surface area contributed by atoms with Gasteiger partial charge in [-0.2, -0.15) is 10.4 Å². The molecule has 0 bridgehead atoms. The molecule has 2 heterocycles. The standard InChI is InChI=1S/C28H30N4O2S/c1-2-3-16-35-26-13-11-21(12-14-26)27-23(20-32(31-27)24-8-5-4-6-9-24)17-22(18-29)28(33)30-19-25-10-7-15-34-25/h4-6,8-9,11-14,17,20,25H,2-3,7,10,15-16,19H2,1H3,(H,30,33)/b22-17-/t25-/m0/s1. The Morgan fingerprint density at radius 1 is 1.26 bits per heavy atom. The van der Waals surface area contributed by atoms with E-state index in [2.05, 4.69) is 30.4 Å². The zero-order valence-electron chi connectivity index (χ0n) is 19.9. The number of unbranched alkanes of at least 4 members (excludes halogenated alkanes) is 1. The fourth-order valence-corrected chi connectivity index (χ4v) is 4.88. The Labute approximate surface area is 211 Å². The summed E-state index contributed by atoms with van der Waals surface area (Å²) in [6.45, 7) is 3.32. The van der Waals surface area contributed by atoms with Gasteiger partial charge in [-0.1, -0.05) is 43.7 Å². The number of hydrogen-bond donors (Lipinski definition) is 1. The highest BCUT2D eigenvalue weighted by atomic mass is 32.2. The Kier molecular flexibility index (Phi) is 8.77. The Morgan fingerprint density at radius 3 is 2.74 bits per heavy atom. The van der Waals surface area contributed by atoms with Crippen molar-refractivity contribution in [3.05, 3.63) is 71.9 Å². The molecule has 1 N–H and O–H groups in total. The van der Waals surface area contributed by atoms with Crippen molar-refractivity contribution in [3.8, 4) is 23.0 Å². The summed E-state index contributed by atoms with van der Waals surface area (Å²) < 4.78 is 7.35. The van der Waals surface area contributed by atoms with E-state index in [4.69, 9.17) is 9.84 Å². The predicted molar refractivity (Wildman–Crippen MR) is 140 cm³/mol. The van der Waals surface area contributed by atoms with Gasteiger partial charge in [0.15, 0.2) is 0 Å². The van der Waals surface area contributed by atoms with Crippen molar-refractivity contribution in [2.75, 3.05) is 18.9 Å². The van der Waals surface area contributed by atoms with Crippen LogP contribution in [-0.2, 0) is 9.53 Å². The van der Waals surface area contributed by atoms with Gasteiger partial charge in [0, 0.05) is 35.4 Å². The maximum atomic E-state index is 12.7. The van der Waals surface area contributed by atoms with Crippen molar-refractivity contribution in [2.24, 2.45) is 0 Å². The molecule has 6 nitrogen and oxygen atoms in total. The third-order valence-corrected chi connectivity index (χ3v) is 6.94. The van der Waals surface area contributed by atoms with Gasteiger partial charge in [0.05, 0.1) is 17.5 Å². The van der Waals surface area contributed by atoms with Crippen molar-refractivity contribution >= 4 is 23.7 Å². The van der Waals surface area contributed by atoms with Crippen LogP contribution in [0.2, 0.25) is 0 Å². The normalized spacial score (nSPS) is 15.7. The molecule has 1 aromatic heterocycles. The highest BCUT2D eigenvalue weighted by Crippen LogP contribution is 2.28. The van der Waals surface area contributed by atoms with E-state index < -0.39 is 5.91 Å². The van der Waals surface area contributed by atoms with Crippen LogP contribution in [0.15, 0.2) is 71.3 Å². The molecule has 4 rings (SSSR count). The Hall–Kier alpha value is -3.34. The molecule has 1 atom stereocenters. The monoisotopic (exact) mass is 486 g/mol. The first-order valence-corrected chi connectivity index (χ1v) is 13.1. The Bertz CT molecular complexity index is 1190. The Balaban J connectivity index is 1.62. The number of nitrogens with zero attached hydrogens (tertiary/aromatic N) is 3. The lowest BCUT2D eigenvalue weighted by molar-refractivity contribution is -0.117. The number of benzene rings is 2. The van der Waals surface area contributed by atoms with Gasteiger partial charge in [-0.25, -0.2) is 4.68 Å². The second kappa shape index (κ2) is 12.4. The maximum Gasteiger partial charge on any atom is 0.262 e. The van der Waals surface area contributed by atoms with Gasteiger partial charge in [0.1, 0.15) is 11.6 Å². The predicted octanol–water partition coefficient (Wildman–Crippen LogP) is 5.63. The number of thioether (sulfide) groups is 1. The minimum Gasteiger partial charge on any atom is -0.376 e. The van der Waals surface area contributed by atoms with Crippen LogP contribution in [0.25, 0.3) is 23.0 Å². The molecule has 3 aromatic rings. The number of nitrogens with one attached hydrogen (secondary N) is 1. The second-order valence-electron chi connectivity index (χ2n) is 8.45. The molecular formula is C28H30N4O2S. The van der Waals surface area contributed by atoms with E-state index in [9.17, 15) is 10.1 Å². The molecule has 7 heteroatoms. The first kappa shape index (κ1) is 24.8. The van der Waals surface area contributed by atoms with Crippen LogP contribution in [0.3, 0.4) is 0 Å². The van der Waals surface area contributed by atoms with Crippen LogP contribution in [0.5, 0.6) is 0 Å². The van der Waals surface area contributed by atoms with Crippen LogP contribution in [-0.4, -0.2) is 40.7 Å². The summed E-state index contributed by atoms with van der Waals surface area (Å²) in [7, 11) is 0. The van der Waals surface area contributed by atoms with E-state index in [0.717, 1.165) is 42.1 Å². The van der Waals surface area contributed by atoms with E-state index in [0.29, 0.717) is 12.1 Å². The van der Waals surface area contributed by atoms with Crippen molar-refractivity contribution < 1.29 is 9.53 Å². The van der Waals surface area contributed by atoms with E-state index in [1.807, 2.05) is 60.4 Å². The number of nitriles is 1. The molecule has 0 saturated carbocycles. The quantitative estimate of drug-likeness (QED) is 0.174. The summed E-state index contributed by atoms with van der Waals surface area (Å²) in [5.74, 6) is 0.697. The van der Waals surface area contributed by atoms with Crippen LogP contribution in [0.4, 0.5) is 0 Å². The molecule has 1 amide bonds. The van der Waals surface area contributed by atoms with Gasteiger partial charge in [-0.05, 0) is 55.4 Å². The van der Waals surface area contributed by atoms with Gasteiger partial charge in [0.2, 0.25) is 0 Å². The minimum atomic E-state index is -0.399. The number of ether oxygens (including phenoxy) is 1. The molecule has 180 valence electrons. The molecule has 2 aromatic carbocycles. The fourth-order valence-electron chi connectivity index (χ4n) is 3.88. The van der Waals surface area contributed by atoms with E-state index in [1.165, 1.54) is 17.7 Å². The van der Waals surface area contributed by atoms with Gasteiger partial charge in [-0.3, -0.25) is 4.79 Å². The maximum absolute atomic E-state index is 12.7. The molecule has 1 aliphatic heterocycles. The molecular weight excluding hydrogens is 456 g/mol. The Morgan fingerprint density at radius 2 is 2.06 bits per heavy atom. The van der Waals surface area contributed by atoms with E-state index in [-0.39, 0.29) is 11.7 Å². The fraction of sp³-hybridized carbons (Fsp3) is 0.321. The molecule has 1 saturated heterocycles. The number of para-hydroxylation sites is 1. The largest absolute Gasteiger partial charge is 0.376 e. The SMILES string of the molecule is CCCCSc1ccc(-c2nn(-c3ccccc3)cc2/C=C(/C#N)C(=O)NC[C@@H]2CCCO2)cc1. The summed E-state index contributed by atoms with van der Waals surface area (Å²) in [5, 5.41) is 17.4. The van der Waals surface area contributed by atoms with Crippen molar-refractivity contribution in [1.29, 1.82) is 5.26 Å². The summed E-state index contributed by atoms with van der Waals surface area (Å²) in [6.07, 6.45) is 7.79. The molecule has 1 fully saturated rings. The molecule has 0 radical (unpaired) electrons. The molecule has 0 spiro atoms. The average molecular weight is 487 g/mol. The van der Waals surface area contributed by atoms with Gasteiger partial charge < -0.3 is 10.1 Å². The van der Waals surface area contributed by atoms with E-state index in [1.54, 1.807) is 10.8 Å². The summed E-state index contributed by atoms with van der Waals surface area (Å²) in [5.41, 5.74) is 3.32. The van der Waals surface area contributed by atoms with Gasteiger partial charge in [0.25, 0.3) is 5.91 Å². The highest BCUT2D eigenvalue weighted by molar-refractivity contribution is 7.99. The smallest absolute Gasteiger partial charge is 0.262 e. The van der Waals surface area contributed by atoms with Crippen molar-refractivity contribution in [3.63, 3.8) is 0 Å². The second-order valence-corrected chi connectivity index (χ2v) is 9.62. The number of carbonyl (C=O) groups excluding carboxylic acids is 1. The number of aromatic nitrogens is 2. The summed E-state index contributed by atoms with van der Waals surface area (Å²) in [6, 6.07) is 20.2. The average Bonchev–Trinajstić information content (AvgIpc) is 3.57. The van der Waals surface area contributed by atoms with Crippen LogP contribution < -0.4 is 5.32 Å². The lowest BCUT2D eigenvalue weighted by Crippen LogP contribution is -2.32. The van der Waals surface area contributed by atoms with Crippen LogP contribution in [0.1, 0.15) is 38.2 Å².